The van der Waals surface area contributed by atoms with Gasteiger partial charge in [-0.25, -0.2) is 0 Å². The van der Waals surface area contributed by atoms with Crippen molar-refractivity contribution in [1.82, 2.24) is 5.32 Å². The third-order valence-electron chi connectivity index (χ3n) is 2.69. The van der Waals surface area contributed by atoms with Gasteiger partial charge in [-0.3, -0.25) is 14.3 Å². The summed E-state index contributed by atoms with van der Waals surface area (Å²) in [5.74, 6) is -0.321. The van der Waals surface area contributed by atoms with Crippen LogP contribution in [0, 0.1) is 0 Å². The highest BCUT2D eigenvalue weighted by atomic mass is 79.9. The summed E-state index contributed by atoms with van der Waals surface area (Å²) in [5, 5.41) is 12.0. The van der Waals surface area contributed by atoms with Gasteiger partial charge in [0.05, 0.1) is 0 Å². The van der Waals surface area contributed by atoms with E-state index in [9.17, 15) is 9.00 Å². The number of carboxylic acids is 1. The van der Waals surface area contributed by atoms with Crippen LogP contribution in [0.1, 0.15) is 11.6 Å². The molecule has 1 fully saturated rings. The van der Waals surface area contributed by atoms with Gasteiger partial charge in [0.15, 0.2) is 0 Å². The fourth-order valence-electron chi connectivity index (χ4n) is 1.86. The van der Waals surface area contributed by atoms with E-state index < -0.39 is 22.8 Å². The van der Waals surface area contributed by atoms with Gasteiger partial charge in [0.2, 0.25) is 0 Å². The second-order valence-corrected chi connectivity index (χ2v) is 6.31. The number of rotatable bonds is 2. The van der Waals surface area contributed by atoms with Crippen LogP contribution in [-0.4, -0.2) is 32.8 Å². The van der Waals surface area contributed by atoms with Gasteiger partial charge >= 0.3 is 5.97 Å². The monoisotopic (exact) mass is 317 g/mol. The smallest absolute Gasteiger partial charge is 0.321 e. The second kappa shape index (κ2) is 5.29. The SMILES string of the molecule is O=C(O)C1CS(=O)CC(c2ccccc2Br)N1. The maximum atomic E-state index is 11.7. The molecule has 1 aliphatic heterocycles. The molecule has 0 amide bonds. The lowest BCUT2D eigenvalue weighted by Gasteiger charge is -2.29. The number of benzene rings is 1. The zero-order chi connectivity index (χ0) is 12.4. The molecule has 0 radical (unpaired) electrons. The van der Waals surface area contributed by atoms with Gasteiger partial charge < -0.3 is 5.11 Å². The summed E-state index contributed by atoms with van der Waals surface area (Å²) in [5.41, 5.74) is 0.951. The quantitative estimate of drug-likeness (QED) is 0.862. The molecule has 0 aromatic heterocycles. The van der Waals surface area contributed by atoms with Crippen LogP contribution < -0.4 is 5.32 Å². The van der Waals surface area contributed by atoms with Gasteiger partial charge in [-0.15, -0.1) is 0 Å². The Morgan fingerprint density at radius 1 is 1.41 bits per heavy atom. The molecule has 1 saturated heterocycles. The van der Waals surface area contributed by atoms with Crippen molar-refractivity contribution in [1.29, 1.82) is 0 Å². The Labute approximate surface area is 110 Å². The highest BCUT2D eigenvalue weighted by molar-refractivity contribution is 9.10. The molecule has 3 atom stereocenters. The first kappa shape index (κ1) is 12.7. The summed E-state index contributed by atoms with van der Waals surface area (Å²) in [6, 6.07) is 6.66. The lowest BCUT2D eigenvalue weighted by molar-refractivity contribution is -0.139. The van der Waals surface area contributed by atoms with E-state index in [0.29, 0.717) is 5.75 Å². The van der Waals surface area contributed by atoms with Gasteiger partial charge in [0.25, 0.3) is 0 Å². The van der Waals surface area contributed by atoms with E-state index in [1.54, 1.807) is 0 Å². The van der Waals surface area contributed by atoms with Crippen LogP contribution in [0.4, 0.5) is 0 Å². The molecule has 92 valence electrons. The molecule has 0 aliphatic carbocycles. The molecule has 1 aliphatic rings. The molecule has 3 unspecified atom stereocenters. The van der Waals surface area contributed by atoms with Crippen LogP contribution in [0.25, 0.3) is 0 Å². The summed E-state index contributed by atoms with van der Waals surface area (Å²) in [6.07, 6.45) is 0. The lowest BCUT2D eigenvalue weighted by Crippen LogP contribution is -2.49. The maximum absolute atomic E-state index is 11.7. The zero-order valence-electron chi connectivity index (χ0n) is 8.93. The second-order valence-electron chi connectivity index (χ2n) is 3.90. The molecule has 4 nitrogen and oxygen atoms in total. The third-order valence-corrected chi connectivity index (χ3v) is 4.82. The number of carbonyl (C=O) groups is 1. The summed E-state index contributed by atoms with van der Waals surface area (Å²) >= 11 is 3.42. The Hall–Kier alpha value is -0.720. The molecule has 1 heterocycles. The van der Waals surface area contributed by atoms with Crippen molar-refractivity contribution in [2.45, 2.75) is 12.1 Å². The average Bonchev–Trinajstić information content (AvgIpc) is 2.28. The Balaban J connectivity index is 2.24. The highest BCUT2D eigenvalue weighted by Crippen LogP contribution is 2.26. The Morgan fingerprint density at radius 2 is 2.12 bits per heavy atom. The van der Waals surface area contributed by atoms with Crippen LogP contribution in [0.2, 0.25) is 0 Å². The van der Waals surface area contributed by atoms with E-state index in [2.05, 4.69) is 21.2 Å². The summed E-state index contributed by atoms with van der Waals surface area (Å²) in [6.45, 7) is 0. The third kappa shape index (κ3) is 2.94. The minimum absolute atomic E-state index is 0.177. The van der Waals surface area contributed by atoms with Gasteiger partial charge in [0, 0.05) is 32.8 Å². The first-order chi connectivity index (χ1) is 8.08. The number of carboxylic acid groups (broad SMARTS) is 1. The molecule has 1 aromatic rings. The van der Waals surface area contributed by atoms with Crippen LogP contribution in [0.5, 0.6) is 0 Å². The van der Waals surface area contributed by atoms with E-state index in [1.807, 2.05) is 24.3 Å². The number of aliphatic carboxylic acids is 1. The first-order valence-electron chi connectivity index (χ1n) is 5.16. The van der Waals surface area contributed by atoms with Gasteiger partial charge in [-0.1, -0.05) is 34.1 Å². The number of halogens is 1. The topological polar surface area (TPSA) is 66.4 Å². The Bertz CT molecular complexity index is 466. The maximum Gasteiger partial charge on any atom is 0.321 e. The van der Waals surface area contributed by atoms with Gasteiger partial charge in [0.1, 0.15) is 6.04 Å². The molecule has 1 aromatic carbocycles. The van der Waals surface area contributed by atoms with Crippen molar-refractivity contribution in [3.05, 3.63) is 34.3 Å². The largest absolute Gasteiger partial charge is 0.480 e. The normalized spacial score (nSPS) is 28.9. The predicted octanol–water partition coefficient (Wildman–Crippen LogP) is 1.30. The van der Waals surface area contributed by atoms with Crippen molar-refractivity contribution in [2.75, 3.05) is 11.5 Å². The molecule has 17 heavy (non-hydrogen) atoms. The molecule has 0 saturated carbocycles. The lowest BCUT2D eigenvalue weighted by atomic mass is 10.1. The fourth-order valence-corrected chi connectivity index (χ4v) is 3.81. The fraction of sp³-hybridized carbons (Fsp3) is 0.364. The van der Waals surface area contributed by atoms with Crippen LogP contribution in [-0.2, 0) is 15.6 Å². The minimum Gasteiger partial charge on any atom is -0.480 e. The van der Waals surface area contributed by atoms with E-state index in [-0.39, 0.29) is 11.8 Å². The Kier molecular flexibility index (Phi) is 3.96. The summed E-state index contributed by atoms with van der Waals surface area (Å²) < 4.78 is 12.6. The summed E-state index contributed by atoms with van der Waals surface area (Å²) in [4.78, 5) is 11.0. The van der Waals surface area contributed by atoms with E-state index in [1.165, 1.54) is 0 Å². The summed E-state index contributed by atoms with van der Waals surface area (Å²) in [7, 11) is -1.09. The van der Waals surface area contributed by atoms with Gasteiger partial charge in [-0.05, 0) is 11.6 Å². The van der Waals surface area contributed by atoms with Crippen molar-refractivity contribution < 1.29 is 14.1 Å². The highest BCUT2D eigenvalue weighted by Gasteiger charge is 2.31. The van der Waals surface area contributed by atoms with Crippen molar-refractivity contribution in [3.63, 3.8) is 0 Å². The molecule has 2 rings (SSSR count). The zero-order valence-corrected chi connectivity index (χ0v) is 11.3. The first-order valence-corrected chi connectivity index (χ1v) is 7.44. The predicted molar refractivity (Wildman–Crippen MR) is 69.3 cm³/mol. The van der Waals surface area contributed by atoms with Crippen LogP contribution in [0.15, 0.2) is 28.7 Å². The molecule has 6 heteroatoms. The molecular formula is C11H12BrNO3S. The standard InChI is InChI=1S/C11H12BrNO3S/c12-8-4-2-1-3-7(8)9-5-17(16)6-10(13-9)11(14)15/h1-4,9-10,13H,5-6H2,(H,14,15). The van der Waals surface area contributed by atoms with Crippen molar-refractivity contribution in [3.8, 4) is 0 Å². The number of hydrogen-bond acceptors (Lipinski definition) is 3. The van der Waals surface area contributed by atoms with E-state index in [4.69, 9.17) is 5.11 Å². The molecule has 0 spiro atoms. The minimum atomic E-state index is -1.09. The van der Waals surface area contributed by atoms with Crippen LogP contribution >= 0.6 is 15.9 Å². The number of nitrogens with one attached hydrogen (secondary N) is 1. The average molecular weight is 318 g/mol. The number of hydrogen-bond donors (Lipinski definition) is 2. The van der Waals surface area contributed by atoms with E-state index in [0.717, 1.165) is 10.0 Å². The Morgan fingerprint density at radius 3 is 2.76 bits per heavy atom. The van der Waals surface area contributed by atoms with Crippen molar-refractivity contribution in [2.24, 2.45) is 0 Å². The van der Waals surface area contributed by atoms with E-state index >= 15 is 0 Å². The van der Waals surface area contributed by atoms with Crippen LogP contribution in [0.3, 0.4) is 0 Å². The molecule has 2 N–H and O–H groups in total. The van der Waals surface area contributed by atoms with Crippen molar-refractivity contribution >= 4 is 32.7 Å². The molecular weight excluding hydrogens is 306 g/mol. The van der Waals surface area contributed by atoms with Gasteiger partial charge in [-0.2, -0.15) is 0 Å². The molecule has 0 bridgehead atoms.